The fraction of sp³-hybridized carbons (Fsp3) is 0.176. The maximum Gasteiger partial charge on any atom is 0.251 e. The third kappa shape index (κ3) is 4.89. The van der Waals surface area contributed by atoms with Crippen LogP contribution in [0.3, 0.4) is 0 Å². The molecule has 0 aromatic heterocycles. The normalized spacial score (nSPS) is 10.2. The maximum absolute atomic E-state index is 13.2. The first-order valence-corrected chi connectivity index (χ1v) is 7.91. The second kappa shape index (κ2) is 7.87. The number of anilines is 1. The van der Waals surface area contributed by atoms with E-state index in [1.54, 1.807) is 36.4 Å². The lowest BCUT2D eigenvalue weighted by molar-refractivity contribution is -0.115. The van der Waals surface area contributed by atoms with Gasteiger partial charge in [0.05, 0.1) is 10.9 Å². The summed E-state index contributed by atoms with van der Waals surface area (Å²) < 4.78 is 13.5. The number of carbonyl (C=O) groups is 2. The van der Waals surface area contributed by atoms with Gasteiger partial charge in [0, 0.05) is 17.8 Å². The van der Waals surface area contributed by atoms with Crippen molar-refractivity contribution >= 4 is 33.4 Å². The molecule has 0 bridgehead atoms. The average Bonchev–Trinajstić information content (AvgIpc) is 2.51. The minimum absolute atomic E-state index is 0.115. The molecule has 0 fully saturated rings. The zero-order valence-corrected chi connectivity index (χ0v) is 14.1. The molecule has 2 amide bonds. The second-order valence-electron chi connectivity index (χ2n) is 4.91. The molecule has 4 nitrogen and oxygen atoms in total. The van der Waals surface area contributed by atoms with Gasteiger partial charge in [-0.2, -0.15) is 0 Å². The molecule has 0 spiro atoms. The summed E-state index contributed by atoms with van der Waals surface area (Å²) in [5.74, 6) is -0.800. The van der Waals surface area contributed by atoms with Crippen LogP contribution in [-0.4, -0.2) is 18.4 Å². The Bertz CT molecular complexity index is 734. The molecule has 0 atom stereocenters. The van der Waals surface area contributed by atoms with Crippen LogP contribution < -0.4 is 10.6 Å². The van der Waals surface area contributed by atoms with Crippen molar-refractivity contribution in [2.45, 2.75) is 13.3 Å². The Morgan fingerprint density at radius 1 is 1.17 bits per heavy atom. The van der Waals surface area contributed by atoms with E-state index in [4.69, 9.17) is 0 Å². The van der Waals surface area contributed by atoms with Gasteiger partial charge in [-0.05, 0) is 58.7 Å². The first kappa shape index (κ1) is 17.1. The Hall–Kier alpha value is -2.21. The van der Waals surface area contributed by atoms with Gasteiger partial charge in [-0.15, -0.1) is 0 Å². The largest absolute Gasteiger partial charge is 0.352 e. The minimum atomic E-state index is -0.371. The minimum Gasteiger partial charge on any atom is -0.352 e. The summed E-state index contributed by atoms with van der Waals surface area (Å²) in [6, 6.07) is 11.1. The van der Waals surface area contributed by atoms with Crippen LogP contribution >= 0.6 is 15.9 Å². The lowest BCUT2D eigenvalue weighted by Gasteiger charge is -2.08. The molecule has 0 heterocycles. The van der Waals surface area contributed by atoms with Crippen LogP contribution in [0.2, 0.25) is 0 Å². The van der Waals surface area contributed by atoms with Crippen LogP contribution in [0.15, 0.2) is 46.9 Å². The van der Waals surface area contributed by atoms with Crippen LogP contribution in [-0.2, 0) is 11.2 Å². The second-order valence-corrected chi connectivity index (χ2v) is 5.77. The lowest BCUT2D eigenvalue weighted by atomic mass is 10.1. The molecule has 2 aromatic carbocycles. The van der Waals surface area contributed by atoms with Crippen LogP contribution in [0.25, 0.3) is 0 Å². The van der Waals surface area contributed by atoms with Gasteiger partial charge in [0.1, 0.15) is 5.82 Å². The van der Waals surface area contributed by atoms with E-state index in [1.807, 2.05) is 6.92 Å². The molecule has 0 saturated carbocycles. The molecule has 6 heteroatoms. The van der Waals surface area contributed by atoms with Crippen molar-refractivity contribution in [2.24, 2.45) is 0 Å². The fourth-order valence-corrected chi connectivity index (χ4v) is 2.47. The first-order chi connectivity index (χ1) is 11.0. The van der Waals surface area contributed by atoms with E-state index >= 15 is 0 Å². The van der Waals surface area contributed by atoms with E-state index in [1.165, 1.54) is 6.07 Å². The number of hydrogen-bond donors (Lipinski definition) is 2. The third-order valence-electron chi connectivity index (χ3n) is 3.09. The van der Waals surface area contributed by atoms with Gasteiger partial charge < -0.3 is 10.6 Å². The Labute approximate surface area is 142 Å². The first-order valence-electron chi connectivity index (χ1n) is 7.11. The van der Waals surface area contributed by atoms with Crippen molar-refractivity contribution in [1.82, 2.24) is 5.32 Å². The smallest absolute Gasteiger partial charge is 0.251 e. The van der Waals surface area contributed by atoms with E-state index in [0.717, 1.165) is 0 Å². The molecule has 0 aliphatic rings. The summed E-state index contributed by atoms with van der Waals surface area (Å²) in [7, 11) is 0. The standard InChI is InChI=1S/C17H16BrFN2O2/c1-2-20-17(23)12-4-3-5-13(10-12)21-16(22)9-11-6-7-15(19)14(18)8-11/h3-8,10H,2,9H2,1H3,(H,20,23)(H,21,22). The van der Waals surface area contributed by atoms with Crippen molar-refractivity contribution in [3.05, 3.63) is 63.9 Å². The summed E-state index contributed by atoms with van der Waals surface area (Å²) in [5.41, 5.74) is 1.71. The Morgan fingerprint density at radius 3 is 2.65 bits per heavy atom. The van der Waals surface area contributed by atoms with E-state index in [9.17, 15) is 14.0 Å². The molecule has 2 aromatic rings. The fourth-order valence-electron chi connectivity index (χ4n) is 2.04. The maximum atomic E-state index is 13.2. The zero-order chi connectivity index (χ0) is 16.8. The summed E-state index contributed by atoms with van der Waals surface area (Å²) >= 11 is 3.09. The predicted molar refractivity (Wildman–Crippen MR) is 90.9 cm³/mol. The van der Waals surface area contributed by atoms with Crippen molar-refractivity contribution in [3.8, 4) is 0 Å². The van der Waals surface area contributed by atoms with Crippen LogP contribution in [0.1, 0.15) is 22.8 Å². The number of benzene rings is 2. The lowest BCUT2D eigenvalue weighted by Crippen LogP contribution is -2.23. The molecule has 0 aliphatic heterocycles. The van der Waals surface area contributed by atoms with Crippen molar-refractivity contribution < 1.29 is 14.0 Å². The molecule has 120 valence electrons. The molecule has 2 rings (SSSR count). The molecule has 0 radical (unpaired) electrons. The molecule has 0 saturated heterocycles. The Balaban J connectivity index is 2.03. The Kier molecular flexibility index (Phi) is 5.87. The van der Waals surface area contributed by atoms with Gasteiger partial charge >= 0.3 is 0 Å². The molecule has 0 unspecified atom stereocenters. The van der Waals surface area contributed by atoms with Crippen molar-refractivity contribution in [1.29, 1.82) is 0 Å². The highest BCUT2D eigenvalue weighted by Crippen LogP contribution is 2.18. The summed E-state index contributed by atoms with van der Waals surface area (Å²) in [4.78, 5) is 23.8. The number of nitrogens with one attached hydrogen (secondary N) is 2. The molecular weight excluding hydrogens is 363 g/mol. The monoisotopic (exact) mass is 378 g/mol. The quantitative estimate of drug-likeness (QED) is 0.835. The third-order valence-corrected chi connectivity index (χ3v) is 3.70. The average molecular weight is 379 g/mol. The Morgan fingerprint density at radius 2 is 1.96 bits per heavy atom. The predicted octanol–water partition coefficient (Wildman–Crippen LogP) is 3.52. The zero-order valence-electron chi connectivity index (χ0n) is 12.5. The topological polar surface area (TPSA) is 58.2 Å². The summed E-state index contributed by atoms with van der Waals surface area (Å²) in [5, 5.41) is 5.44. The molecular formula is C17H16BrFN2O2. The van der Waals surface area contributed by atoms with E-state index in [0.29, 0.717) is 27.8 Å². The number of hydrogen-bond acceptors (Lipinski definition) is 2. The number of rotatable bonds is 5. The van der Waals surface area contributed by atoms with Crippen LogP contribution in [0.5, 0.6) is 0 Å². The van der Waals surface area contributed by atoms with Gasteiger partial charge in [-0.25, -0.2) is 4.39 Å². The summed E-state index contributed by atoms with van der Waals surface area (Å²) in [6.07, 6.45) is 0.115. The van der Waals surface area contributed by atoms with Crippen molar-refractivity contribution in [2.75, 3.05) is 11.9 Å². The number of amides is 2. The van der Waals surface area contributed by atoms with Gasteiger partial charge in [0.2, 0.25) is 5.91 Å². The number of halogens is 2. The highest BCUT2D eigenvalue weighted by Gasteiger charge is 2.09. The number of carbonyl (C=O) groups excluding carboxylic acids is 2. The molecule has 0 aliphatic carbocycles. The van der Waals surface area contributed by atoms with Crippen LogP contribution in [0, 0.1) is 5.82 Å². The highest BCUT2D eigenvalue weighted by atomic mass is 79.9. The summed E-state index contributed by atoms with van der Waals surface area (Å²) in [6.45, 7) is 2.37. The van der Waals surface area contributed by atoms with E-state index in [2.05, 4.69) is 26.6 Å². The van der Waals surface area contributed by atoms with E-state index < -0.39 is 0 Å². The van der Waals surface area contributed by atoms with Crippen molar-refractivity contribution in [3.63, 3.8) is 0 Å². The SMILES string of the molecule is CCNC(=O)c1cccc(NC(=O)Cc2ccc(F)c(Br)c2)c1. The van der Waals surface area contributed by atoms with Gasteiger partial charge in [0.15, 0.2) is 0 Å². The van der Waals surface area contributed by atoms with Gasteiger partial charge in [0.25, 0.3) is 5.91 Å². The van der Waals surface area contributed by atoms with Gasteiger partial charge in [-0.1, -0.05) is 12.1 Å². The molecule has 2 N–H and O–H groups in total. The van der Waals surface area contributed by atoms with Crippen LogP contribution in [0.4, 0.5) is 10.1 Å². The van der Waals surface area contributed by atoms with Gasteiger partial charge in [-0.3, -0.25) is 9.59 Å². The molecule has 23 heavy (non-hydrogen) atoms. The highest BCUT2D eigenvalue weighted by molar-refractivity contribution is 9.10. The van der Waals surface area contributed by atoms with E-state index in [-0.39, 0.29) is 24.1 Å².